The van der Waals surface area contributed by atoms with Gasteiger partial charge < -0.3 is 0 Å². The standard InChI is InChI=1S/C6H11ClO4.Ag/c1-2-3-4-5-6-11-7(8,9)10;/h5-6H,2-4H2,1H3;. The number of rotatable bonds is 5. The van der Waals surface area contributed by atoms with Crippen LogP contribution in [0.4, 0.5) is 0 Å². The first-order valence-corrected chi connectivity index (χ1v) is 4.54. The molecule has 0 bridgehead atoms. The molecule has 77 valence electrons. The van der Waals surface area contributed by atoms with Gasteiger partial charge in [0.2, 0.25) is 6.26 Å². The average Bonchev–Trinajstić information content (AvgIpc) is 1.85. The molecule has 4 nitrogen and oxygen atoms in total. The van der Waals surface area contributed by atoms with E-state index in [0.29, 0.717) is 0 Å². The zero-order chi connectivity index (χ0) is 8.74. The van der Waals surface area contributed by atoms with Crippen molar-refractivity contribution in [3.63, 3.8) is 0 Å². The Bertz CT molecular complexity index is 123. The normalized spacial score (nSPS) is 11.3. The molecule has 0 atom stereocenters. The van der Waals surface area contributed by atoms with Gasteiger partial charge in [-0.05, 0) is 18.9 Å². The maximum atomic E-state index is 9.81. The van der Waals surface area contributed by atoms with Gasteiger partial charge in [0, 0.05) is 22.4 Å². The van der Waals surface area contributed by atoms with Gasteiger partial charge in [-0.25, -0.2) is 0 Å². The third-order valence-corrected chi connectivity index (χ3v) is 1.30. The van der Waals surface area contributed by atoms with Crippen molar-refractivity contribution < 1.29 is 50.9 Å². The quantitative estimate of drug-likeness (QED) is 0.354. The molecule has 0 fully saturated rings. The van der Waals surface area contributed by atoms with Crippen LogP contribution in [0.25, 0.3) is 0 Å². The van der Waals surface area contributed by atoms with Crippen molar-refractivity contribution in [3.8, 4) is 0 Å². The van der Waals surface area contributed by atoms with Crippen molar-refractivity contribution in [1.82, 2.24) is 0 Å². The van der Waals surface area contributed by atoms with E-state index in [1.807, 2.05) is 6.92 Å². The first kappa shape index (κ1) is 14.9. The van der Waals surface area contributed by atoms with Gasteiger partial charge in [0.1, 0.15) is 10.2 Å². The van der Waals surface area contributed by atoms with E-state index in [9.17, 15) is 14.0 Å². The minimum Gasteiger partial charge on any atom is -0.167 e. The maximum absolute atomic E-state index is 9.81. The number of unbranched alkanes of at least 4 members (excludes halogenated alkanes) is 2. The molecule has 0 aliphatic rings. The molecule has 0 aliphatic heterocycles. The zero-order valence-electron chi connectivity index (χ0n) is 6.59. The van der Waals surface area contributed by atoms with Gasteiger partial charge in [0.25, 0.3) is 0 Å². The van der Waals surface area contributed by atoms with Gasteiger partial charge >= 0.3 is 0 Å². The molecular formula is C6H11AgClO4. The van der Waals surface area contributed by atoms with Gasteiger partial charge in [-0.15, -0.1) is 0 Å². The van der Waals surface area contributed by atoms with Gasteiger partial charge in [0.05, 0.1) is 0 Å². The van der Waals surface area contributed by atoms with E-state index in [-0.39, 0.29) is 22.4 Å². The van der Waals surface area contributed by atoms with E-state index < -0.39 is 10.2 Å². The second kappa shape index (κ2) is 8.07. The first-order chi connectivity index (χ1) is 5.06. The molecule has 1 radical (unpaired) electrons. The molecular weight excluding hydrogens is 279 g/mol. The second-order valence-corrected chi connectivity index (χ2v) is 2.92. The van der Waals surface area contributed by atoms with E-state index in [1.54, 1.807) is 0 Å². The van der Waals surface area contributed by atoms with E-state index in [4.69, 9.17) is 0 Å². The molecule has 0 aromatic carbocycles. The van der Waals surface area contributed by atoms with Crippen LogP contribution in [-0.2, 0) is 26.7 Å². The van der Waals surface area contributed by atoms with Crippen LogP contribution in [0, 0.1) is 10.2 Å². The van der Waals surface area contributed by atoms with E-state index >= 15 is 0 Å². The van der Waals surface area contributed by atoms with Crippen molar-refractivity contribution in [2.45, 2.75) is 26.2 Å². The van der Waals surface area contributed by atoms with Gasteiger partial charge in [-0.3, -0.25) is 0 Å². The molecule has 0 N–H and O–H groups in total. The predicted octanol–water partition coefficient (Wildman–Crippen LogP) is -1.40. The SMILES string of the molecule is CCCCC=CO[Cl+3]([O-])([O-])[O-].[Ag]. The molecule has 0 rings (SSSR count). The van der Waals surface area contributed by atoms with Crippen LogP contribution in [0.15, 0.2) is 12.3 Å². The van der Waals surface area contributed by atoms with Crippen molar-refractivity contribution in [3.05, 3.63) is 12.3 Å². The van der Waals surface area contributed by atoms with E-state index in [2.05, 4.69) is 4.29 Å². The maximum Gasteiger partial charge on any atom is 0.249 e. The monoisotopic (exact) mass is 289 g/mol. The summed E-state index contributed by atoms with van der Waals surface area (Å²) in [5.41, 5.74) is 0. The zero-order valence-corrected chi connectivity index (χ0v) is 8.83. The summed E-state index contributed by atoms with van der Waals surface area (Å²) in [6.07, 6.45) is 5.11. The summed E-state index contributed by atoms with van der Waals surface area (Å²) in [5, 5.41) is 0. The van der Waals surface area contributed by atoms with Crippen LogP contribution in [0.2, 0.25) is 0 Å². The Morgan fingerprint density at radius 2 is 1.92 bits per heavy atom. The summed E-state index contributed by atoms with van der Waals surface area (Å²) in [5.74, 6) is 0. The molecule has 0 saturated heterocycles. The fraction of sp³-hybridized carbons (Fsp3) is 0.667. The summed E-state index contributed by atoms with van der Waals surface area (Å²) < 4.78 is 33.2. The molecule has 0 amide bonds. The van der Waals surface area contributed by atoms with Crippen LogP contribution in [0.5, 0.6) is 0 Å². The first-order valence-electron chi connectivity index (χ1n) is 3.30. The van der Waals surface area contributed by atoms with Crippen LogP contribution < -0.4 is 14.0 Å². The molecule has 0 aromatic rings. The van der Waals surface area contributed by atoms with Crippen molar-refractivity contribution in [2.75, 3.05) is 0 Å². The minimum absolute atomic E-state index is 0. The van der Waals surface area contributed by atoms with Crippen LogP contribution >= 0.6 is 0 Å². The Morgan fingerprint density at radius 1 is 1.33 bits per heavy atom. The molecule has 0 spiro atoms. The molecule has 0 aromatic heterocycles. The summed E-state index contributed by atoms with van der Waals surface area (Å²) >= 11 is 0. The summed E-state index contributed by atoms with van der Waals surface area (Å²) in [7, 11) is -4.30. The third kappa shape index (κ3) is 13.1. The van der Waals surface area contributed by atoms with Gasteiger partial charge in [-0.1, -0.05) is 17.6 Å². The van der Waals surface area contributed by atoms with Crippen LogP contribution in [0.3, 0.4) is 0 Å². The Morgan fingerprint density at radius 3 is 2.33 bits per heavy atom. The van der Waals surface area contributed by atoms with Crippen LogP contribution in [0.1, 0.15) is 26.2 Å². The molecule has 0 heterocycles. The fourth-order valence-electron chi connectivity index (χ4n) is 0.489. The second-order valence-electron chi connectivity index (χ2n) is 1.98. The Kier molecular flexibility index (Phi) is 10.0. The number of halogens is 1. The number of allylic oxidation sites excluding steroid dienone is 1. The number of hydrogen-bond donors (Lipinski definition) is 0. The third-order valence-electron chi connectivity index (χ3n) is 0.981. The largest absolute Gasteiger partial charge is 0.249 e. The predicted molar refractivity (Wildman–Crippen MR) is 29.7 cm³/mol. The number of hydrogen-bond acceptors (Lipinski definition) is 4. The van der Waals surface area contributed by atoms with Crippen LogP contribution in [-0.4, -0.2) is 0 Å². The molecule has 0 saturated carbocycles. The Balaban J connectivity index is 0. The van der Waals surface area contributed by atoms with E-state index in [1.165, 1.54) is 6.08 Å². The smallest absolute Gasteiger partial charge is 0.167 e. The minimum atomic E-state index is -4.30. The molecule has 0 unspecified atom stereocenters. The van der Waals surface area contributed by atoms with Crippen molar-refractivity contribution in [1.29, 1.82) is 0 Å². The molecule has 12 heavy (non-hydrogen) atoms. The fourth-order valence-corrected chi connectivity index (χ4v) is 0.688. The molecule has 0 aliphatic carbocycles. The van der Waals surface area contributed by atoms with E-state index in [0.717, 1.165) is 25.5 Å². The van der Waals surface area contributed by atoms with Gasteiger partial charge in [-0.2, -0.15) is 14.0 Å². The summed E-state index contributed by atoms with van der Waals surface area (Å²) in [6.45, 7) is 2.01. The topological polar surface area (TPSA) is 78.4 Å². The summed E-state index contributed by atoms with van der Waals surface area (Å²) in [6, 6.07) is 0. The van der Waals surface area contributed by atoms with Crippen molar-refractivity contribution >= 4 is 0 Å². The Hall–Kier alpha value is 0.450. The van der Waals surface area contributed by atoms with Crippen molar-refractivity contribution in [2.24, 2.45) is 0 Å². The van der Waals surface area contributed by atoms with Gasteiger partial charge in [0.15, 0.2) is 0 Å². The Labute approximate surface area is 89.5 Å². The molecule has 6 heteroatoms. The average molecular weight is 290 g/mol. The summed E-state index contributed by atoms with van der Waals surface area (Å²) in [4.78, 5) is 0.